The zero-order valence-corrected chi connectivity index (χ0v) is 10.3. The molecule has 1 N–H and O–H groups in total. The van der Waals surface area contributed by atoms with Crippen molar-refractivity contribution in [3.63, 3.8) is 0 Å². The average Bonchev–Trinajstić information content (AvgIpc) is 2.78. The van der Waals surface area contributed by atoms with Crippen molar-refractivity contribution in [3.8, 4) is 11.6 Å². The first kappa shape index (κ1) is 12.4. The van der Waals surface area contributed by atoms with Crippen molar-refractivity contribution in [1.82, 2.24) is 15.0 Å². The maximum atomic E-state index is 10.9. The molecule has 0 aliphatic heterocycles. The Hall–Kier alpha value is -2.08. The maximum absolute atomic E-state index is 10.9. The van der Waals surface area contributed by atoms with E-state index in [1.165, 1.54) is 18.3 Å². The Morgan fingerprint density at radius 2 is 2.33 bits per heavy atom. The van der Waals surface area contributed by atoms with E-state index >= 15 is 0 Å². The van der Waals surface area contributed by atoms with Gasteiger partial charge in [-0.05, 0) is 25.1 Å². The Balaban J connectivity index is 2.30. The van der Waals surface area contributed by atoms with E-state index in [0.717, 1.165) is 0 Å². The van der Waals surface area contributed by atoms with Crippen LogP contribution in [-0.4, -0.2) is 26.1 Å². The van der Waals surface area contributed by atoms with Crippen LogP contribution in [0.2, 0.25) is 5.02 Å². The van der Waals surface area contributed by atoms with E-state index in [0.29, 0.717) is 18.2 Å². The number of aromatic nitrogens is 3. The third kappa shape index (κ3) is 2.43. The maximum Gasteiger partial charge on any atom is 0.337 e. The second-order valence-corrected chi connectivity index (χ2v) is 3.84. The fourth-order valence-corrected chi connectivity index (χ4v) is 1.60. The molecule has 0 unspecified atom stereocenters. The molecule has 0 fully saturated rings. The molecule has 1 aromatic carbocycles. The van der Waals surface area contributed by atoms with Gasteiger partial charge in [-0.1, -0.05) is 16.8 Å². The lowest BCUT2D eigenvalue weighted by atomic mass is 10.2. The van der Waals surface area contributed by atoms with Crippen molar-refractivity contribution in [1.29, 1.82) is 0 Å². The number of ether oxygens (including phenoxy) is 1. The molecular weight excluding hydrogens is 258 g/mol. The average molecular weight is 268 g/mol. The van der Waals surface area contributed by atoms with Crippen molar-refractivity contribution >= 4 is 17.6 Å². The highest BCUT2D eigenvalue weighted by Crippen LogP contribution is 2.25. The summed E-state index contributed by atoms with van der Waals surface area (Å²) >= 11 is 5.77. The van der Waals surface area contributed by atoms with Gasteiger partial charge < -0.3 is 9.84 Å². The van der Waals surface area contributed by atoms with Crippen LogP contribution in [0.1, 0.15) is 17.3 Å². The number of hydrogen-bond acceptors (Lipinski definition) is 4. The van der Waals surface area contributed by atoms with Crippen molar-refractivity contribution < 1.29 is 14.6 Å². The highest BCUT2D eigenvalue weighted by molar-refractivity contribution is 6.33. The molecule has 6 nitrogen and oxygen atoms in total. The summed E-state index contributed by atoms with van der Waals surface area (Å²) in [5, 5.41) is 16.6. The van der Waals surface area contributed by atoms with Gasteiger partial charge in [0.15, 0.2) is 0 Å². The van der Waals surface area contributed by atoms with E-state index in [9.17, 15) is 4.79 Å². The lowest BCUT2D eigenvalue weighted by Crippen LogP contribution is -2.01. The Morgan fingerprint density at radius 3 is 3.00 bits per heavy atom. The molecule has 0 saturated heterocycles. The first-order valence-electron chi connectivity index (χ1n) is 5.21. The van der Waals surface area contributed by atoms with Crippen molar-refractivity contribution in [2.45, 2.75) is 13.5 Å². The lowest BCUT2D eigenvalue weighted by molar-refractivity contribution is 0.0696. The summed E-state index contributed by atoms with van der Waals surface area (Å²) in [4.78, 5) is 10.9. The fourth-order valence-electron chi connectivity index (χ4n) is 1.40. The fraction of sp³-hybridized carbons (Fsp3) is 0.182. The number of benzene rings is 1. The Labute approximate surface area is 108 Å². The largest absolute Gasteiger partial charge is 0.478 e. The van der Waals surface area contributed by atoms with Crippen molar-refractivity contribution in [2.75, 3.05) is 0 Å². The Bertz CT molecular complexity index is 583. The molecule has 1 aromatic heterocycles. The summed E-state index contributed by atoms with van der Waals surface area (Å²) in [6.07, 6.45) is 1.46. The molecule has 18 heavy (non-hydrogen) atoms. The van der Waals surface area contributed by atoms with Crippen LogP contribution >= 0.6 is 11.6 Å². The topological polar surface area (TPSA) is 77.2 Å². The summed E-state index contributed by atoms with van der Waals surface area (Å²) in [6.45, 7) is 2.50. The van der Waals surface area contributed by atoms with E-state index in [-0.39, 0.29) is 10.6 Å². The number of halogens is 1. The molecule has 0 amide bonds. The van der Waals surface area contributed by atoms with E-state index < -0.39 is 5.97 Å². The Morgan fingerprint density at radius 1 is 1.56 bits per heavy atom. The van der Waals surface area contributed by atoms with Crippen LogP contribution in [0.3, 0.4) is 0 Å². The van der Waals surface area contributed by atoms with Gasteiger partial charge in [-0.25, -0.2) is 9.48 Å². The number of aromatic carboxylic acids is 1. The summed E-state index contributed by atoms with van der Waals surface area (Å²) in [5.74, 6) is -0.294. The molecule has 0 aliphatic rings. The number of hydrogen-bond donors (Lipinski definition) is 1. The number of aryl methyl sites for hydroxylation is 1. The normalized spacial score (nSPS) is 10.3. The van der Waals surface area contributed by atoms with E-state index in [2.05, 4.69) is 10.3 Å². The van der Waals surface area contributed by atoms with Gasteiger partial charge in [0.2, 0.25) is 5.88 Å². The van der Waals surface area contributed by atoms with Crippen LogP contribution < -0.4 is 4.74 Å². The molecule has 0 saturated carbocycles. The summed E-state index contributed by atoms with van der Waals surface area (Å²) < 4.78 is 7.05. The third-order valence-corrected chi connectivity index (χ3v) is 2.60. The monoisotopic (exact) mass is 267 g/mol. The predicted molar refractivity (Wildman–Crippen MR) is 64.2 cm³/mol. The molecule has 0 radical (unpaired) electrons. The van der Waals surface area contributed by atoms with Crippen LogP contribution in [0.15, 0.2) is 24.4 Å². The number of rotatable bonds is 4. The highest BCUT2D eigenvalue weighted by Gasteiger charge is 2.11. The zero-order chi connectivity index (χ0) is 13.1. The van der Waals surface area contributed by atoms with E-state index in [1.54, 1.807) is 10.7 Å². The standard InChI is InChI=1S/C11H10ClN3O3/c1-2-15-10(6-13-14-15)18-7-3-4-9(12)8(5-7)11(16)17/h3-6H,2H2,1H3,(H,16,17). The minimum atomic E-state index is -1.10. The summed E-state index contributed by atoms with van der Waals surface area (Å²) in [6, 6.07) is 4.42. The molecule has 0 bridgehead atoms. The van der Waals surface area contributed by atoms with Gasteiger partial charge in [0, 0.05) is 6.54 Å². The zero-order valence-electron chi connectivity index (χ0n) is 9.50. The van der Waals surface area contributed by atoms with Gasteiger partial charge in [-0.2, -0.15) is 0 Å². The molecule has 0 atom stereocenters. The van der Waals surface area contributed by atoms with Crippen LogP contribution in [0.25, 0.3) is 0 Å². The number of nitrogens with zero attached hydrogens (tertiary/aromatic N) is 3. The Kier molecular flexibility index (Phi) is 3.47. The first-order chi connectivity index (χ1) is 8.61. The molecule has 2 aromatic rings. The third-order valence-electron chi connectivity index (χ3n) is 2.27. The number of carboxylic acid groups (broad SMARTS) is 1. The molecule has 7 heteroatoms. The van der Waals surface area contributed by atoms with E-state index in [4.69, 9.17) is 21.4 Å². The van der Waals surface area contributed by atoms with Gasteiger partial charge in [0.25, 0.3) is 0 Å². The summed E-state index contributed by atoms with van der Waals surface area (Å²) in [7, 11) is 0. The SMILES string of the molecule is CCn1nncc1Oc1ccc(Cl)c(C(=O)O)c1. The van der Waals surface area contributed by atoms with Crippen LogP contribution in [0.5, 0.6) is 11.6 Å². The lowest BCUT2D eigenvalue weighted by Gasteiger charge is -2.07. The minimum absolute atomic E-state index is 0.00955. The highest BCUT2D eigenvalue weighted by atomic mass is 35.5. The summed E-state index contributed by atoms with van der Waals surface area (Å²) in [5.41, 5.74) is -0.00955. The molecule has 0 aliphatic carbocycles. The first-order valence-corrected chi connectivity index (χ1v) is 5.58. The molecule has 2 rings (SSSR count). The molecule has 1 heterocycles. The van der Waals surface area contributed by atoms with Gasteiger partial charge in [0.05, 0.1) is 10.6 Å². The molecular formula is C11H10ClN3O3. The van der Waals surface area contributed by atoms with E-state index in [1.807, 2.05) is 6.92 Å². The molecule has 0 spiro atoms. The smallest absolute Gasteiger partial charge is 0.337 e. The van der Waals surface area contributed by atoms with Gasteiger partial charge in [-0.3, -0.25) is 0 Å². The van der Waals surface area contributed by atoms with Gasteiger partial charge in [0.1, 0.15) is 11.9 Å². The van der Waals surface area contributed by atoms with Crippen LogP contribution in [-0.2, 0) is 6.54 Å². The minimum Gasteiger partial charge on any atom is -0.478 e. The quantitative estimate of drug-likeness (QED) is 0.921. The number of carbonyl (C=O) groups is 1. The van der Waals surface area contributed by atoms with Crippen LogP contribution in [0, 0.1) is 0 Å². The van der Waals surface area contributed by atoms with Crippen molar-refractivity contribution in [2.24, 2.45) is 0 Å². The second-order valence-electron chi connectivity index (χ2n) is 3.44. The number of carboxylic acids is 1. The van der Waals surface area contributed by atoms with Crippen molar-refractivity contribution in [3.05, 3.63) is 35.0 Å². The van der Waals surface area contributed by atoms with Crippen LogP contribution in [0.4, 0.5) is 0 Å². The molecule has 94 valence electrons. The van der Waals surface area contributed by atoms with Gasteiger partial charge in [-0.15, -0.1) is 5.10 Å². The predicted octanol–water partition coefficient (Wildman–Crippen LogP) is 2.44. The van der Waals surface area contributed by atoms with Gasteiger partial charge >= 0.3 is 5.97 Å². The second kappa shape index (κ2) is 5.05.